The molecule has 0 atom stereocenters. The van der Waals surface area contributed by atoms with E-state index in [0.29, 0.717) is 0 Å². The number of hydrogen-bond donors (Lipinski definition) is 1. The summed E-state index contributed by atoms with van der Waals surface area (Å²) in [4.78, 5) is 0. The lowest BCUT2D eigenvalue weighted by molar-refractivity contribution is 0.559. The summed E-state index contributed by atoms with van der Waals surface area (Å²) in [5, 5.41) is 11.7. The second kappa shape index (κ2) is 6.23. The Bertz CT molecular complexity index is 690. The third-order valence-corrected chi connectivity index (χ3v) is 4.43. The van der Waals surface area contributed by atoms with Crippen LogP contribution in [0.1, 0.15) is 22.3 Å². The molecule has 0 radical (unpaired) electrons. The van der Waals surface area contributed by atoms with E-state index in [1.807, 2.05) is 26.0 Å². The molecule has 0 aliphatic rings. The molecular weight excluding hydrogens is 338 g/mol. The molecule has 0 aliphatic carbocycles. The molecule has 0 bridgehead atoms. The number of aryl methyl sites for hydroxylation is 2. The molecule has 0 heterocycles. The van der Waals surface area contributed by atoms with Gasteiger partial charge in [0.1, 0.15) is 11.6 Å². The van der Waals surface area contributed by atoms with Crippen LogP contribution in [0.2, 0.25) is 0 Å². The van der Waals surface area contributed by atoms with Crippen LogP contribution >= 0.6 is 15.9 Å². The van der Waals surface area contributed by atoms with Crippen LogP contribution < -0.4 is 5.32 Å². The molecule has 0 aliphatic heterocycles. The maximum Gasteiger partial charge on any atom is 0.132 e. The van der Waals surface area contributed by atoms with Gasteiger partial charge in [0, 0.05) is 22.3 Å². The number of rotatable bonds is 3. The minimum Gasteiger partial charge on any atom is -0.381 e. The molecule has 2 aromatic carbocycles. The van der Waals surface area contributed by atoms with Crippen molar-refractivity contribution in [1.29, 1.82) is 5.26 Å². The summed E-state index contributed by atoms with van der Waals surface area (Å²) in [5.41, 5.74) is 2.77. The van der Waals surface area contributed by atoms with Gasteiger partial charge in [0.05, 0.1) is 11.6 Å². The van der Waals surface area contributed by atoms with Gasteiger partial charge in [-0.25, -0.2) is 8.78 Å². The molecule has 2 nitrogen and oxygen atoms in total. The Kier molecular flexibility index (Phi) is 4.59. The van der Waals surface area contributed by atoms with E-state index in [0.717, 1.165) is 33.4 Å². The van der Waals surface area contributed by atoms with E-state index in [9.17, 15) is 8.78 Å². The maximum atomic E-state index is 13.8. The molecule has 0 saturated heterocycles. The Balaban J connectivity index is 2.23. The van der Waals surface area contributed by atoms with Crippen molar-refractivity contribution in [2.75, 3.05) is 5.32 Å². The van der Waals surface area contributed by atoms with E-state index in [2.05, 4.69) is 21.2 Å². The lowest BCUT2D eigenvalue weighted by atomic mass is 10.1. The standard InChI is InChI=1S/C16H13BrF2N2/c1-9-3-12(4-10(2)16(9)17)21-8-13-14(18)5-11(7-20)6-15(13)19/h3-6,21H,8H2,1-2H3. The number of benzene rings is 2. The number of hydrogen-bond acceptors (Lipinski definition) is 2. The first-order chi connectivity index (χ1) is 9.92. The zero-order valence-electron chi connectivity index (χ0n) is 11.6. The van der Waals surface area contributed by atoms with Crippen molar-refractivity contribution < 1.29 is 8.78 Å². The Hall–Kier alpha value is -1.93. The summed E-state index contributed by atoms with van der Waals surface area (Å²) >= 11 is 3.47. The molecule has 0 unspecified atom stereocenters. The van der Waals surface area contributed by atoms with E-state index in [4.69, 9.17) is 5.26 Å². The van der Waals surface area contributed by atoms with Gasteiger partial charge >= 0.3 is 0 Å². The average molecular weight is 351 g/mol. The molecule has 0 saturated carbocycles. The number of nitriles is 1. The van der Waals surface area contributed by atoms with Crippen LogP contribution in [0.4, 0.5) is 14.5 Å². The fourth-order valence-corrected chi connectivity index (χ4v) is 2.30. The van der Waals surface area contributed by atoms with Crippen LogP contribution in [0.15, 0.2) is 28.7 Å². The molecule has 1 N–H and O–H groups in total. The van der Waals surface area contributed by atoms with E-state index < -0.39 is 11.6 Å². The fraction of sp³-hybridized carbons (Fsp3) is 0.188. The predicted molar refractivity (Wildman–Crippen MR) is 82.0 cm³/mol. The van der Waals surface area contributed by atoms with Crippen molar-refractivity contribution in [3.63, 3.8) is 0 Å². The maximum absolute atomic E-state index is 13.8. The normalized spacial score (nSPS) is 10.3. The number of nitrogens with zero attached hydrogens (tertiary/aromatic N) is 1. The molecule has 0 spiro atoms. The monoisotopic (exact) mass is 350 g/mol. The van der Waals surface area contributed by atoms with Crippen molar-refractivity contribution in [1.82, 2.24) is 0 Å². The summed E-state index contributed by atoms with van der Waals surface area (Å²) in [7, 11) is 0. The first-order valence-corrected chi connectivity index (χ1v) is 7.10. The second-order valence-corrected chi connectivity index (χ2v) is 5.60. The van der Waals surface area contributed by atoms with Gasteiger partial charge in [0.15, 0.2) is 0 Å². The summed E-state index contributed by atoms with van der Waals surface area (Å²) < 4.78 is 28.6. The third-order valence-electron chi connectivity index (χ3n) is 3.18. The molecular formula is C16H13BrF2N2. The highest BCUT2D eigenvalue weighted by molar-refractivity contribution is 9.10. The van der Waals surface area contributed by atoms with Gasteiger partial charge in [-0.3, -0.25) is 0 Å². The van der Waals surface area contributed by atoms with Crippen LogP contribution in [0, 0.1) is 36.8 Å². The molecule has 2 aromatic rings. The summed E-state index contributed by atoms with van der Waals surface area (Å²) in [5.74, 6) is -1.44. The van der Waals surface area contributed by atoms with Crippen LogP contribution in [0.25, 0.3) is 0 Å². The second-order valence-electron chi connectivity index (χ2n) is 4.81. The fourth-order valence-electron chi connectivity index (χ4n) is 2.07. The third kappa shape index (κ3) is 3.40. The Morgan fingerprint density at radius 3 is 2.10 bits per heavy atom. The smallest absolute Gasteiger partial charge is 0.132 e. The van der Waals surface area contributed by atoms with Crippen molar-refractivity contribution in [3.05, 3.63) is 62.6 Å². The molecule has 108 valence electrons. The quantitative estimate of drug-likeness (QED) is 0.860. The Morgan fingerprint density at radius 2 is 1.62 bits per heavy atom. The van der Waals surface area contributed by atoms with E-state index in [-0.39, 0.29) is 17.7 Å². The highest BCUT2D eigenvalue weighted by Crippen LogP contribution is 2.25. The lowest BCUT2D eigenvalue weighted by Gasteiger charge is -2.12. The van der Waals surface area contributed by atoms with Gasteiger partial charge in [-0.2, -0.15) is 5.26 Å². The number of nitrogens with one attached hydrogen (secondary N) is 1. The SMILES string of the molecule is Cc1cc(NCc2c(F)cc(C#N)cc2F)cc(C)c1Br. The van der Waals surface area contributed by atoms with Crippen LogP contribution in [-0.4, -0.2) is 0 Å². The summed E-state index contributed by atoms with van der Waals surface area (Å²) in [6, 6.07) is 7.60. The first kappa shape index (κ1) is 15.5. The lowest BCUT2D eigenvalue weighted by Crippen LogP contribution is -2.06. The largest absolute Gasteiger partial charge is 0.381 e. The molecule has 2 rings (SSSR count). The van der Waals surface area contributed by atoms with Gasteiger partial charge < -0.3 is 5.32 Å². The van der Waals surface area contributed by atoms with Crippen molar-refractivity contribution in [2.45, 2.75) is 20.4 Å². The highest BCUT2D eigenvalue weighted by atomic mass is 79.9. The van der Waals surface area contributed by atoms with Gasteiger partial charge in [-0.15, -0.1) is 0 Å². The first-order valence-electron chi connectivity index (χ1n) is 6.31. The topological polar surface area (TPSA) is 35.8 Å². The van der Waals surface area contributed by atoms with Gasteiger partial charge in [-0.05, 0) is 49.2 Å². The molecule has 0 fully saturated rings. The minimum atomic E-state index is -0.718. The molecule has 5 heteroatoms. The Morgan fingerprint density at radius 1 is 1.10 bits per heavy atom. The summed E-state index contributed by atoms with van der Waals surface area (Å²) in [6.45, 7) is 3.92. The van der Waals surface area contributed by atoms with Gasteiger partial charge in [-0.1, -0.05) is 15.9 Å². The molecule has 21 heavy (non-hydrogen) atoms. The van der Waals surface area contributed by atoms with E-state index >= 15 is 0 Å². The van der Waals surface area contributed by atoms with E-state index in [1.54, 1.807) is 6.07 Å². The average Bonchev–Trinajstić information content (AvgIpc) is 2.43. The van der Waals surface area contributed by atoms with Crippen LogP contribution in [0.5, 0.6) is 0 Å². The van der Waals surface area contributed by atoms with Gasteiger partial charge in [0.25, 0.3) is 0 Å². The van der Waals surface area contributed by atoms with Crippen molar-refractivity contribution >= 4 is 21.6 Å². The Labute approximate surface area is 130 Å². The summed E-state index contributed by atoms with van der Waals surface area (Å²) in [6.07, 6.45) is 0. The minimum absolute atomic E-state index is 0.0177. The van der Waals surface area contributed by atoms with E-state index in [1.165, 1.54) is 0 Å². The van der Waals surface area contributed by atoms with Crippen LogP contribution in [0.3, 0.4) is 0 Å². The number of halogens is 3. The number of anilines is 1. The predicted octanol–water partition coefficient (Wildman–Crippen LogP) is 4.83. The zero-order chi connectivity index (χ0) is 15.6. The van der Waals surface area contributed by atoms with Crippen molar-refractivity contribution in [2.24, 2.45) is 0 Å². The molecule has 0 aromatic heterocycles. The van der Waals surface area contributed by atoms with Crippen LogP contribution in [-0.2, 0) is 6.54 Å². The van der Waals surface area contributed by atoms with Gasteiger partial charge in [0.2, 0.25) is 0 Å². The molecule has 0 amide bonds. The van der Waals surface area contributed by atoms with Crippen molar-refractivity contribution in [3.8, 4) is 6.07 Å². The highest BCUT2D eigenvalue weighted by Gasteiger charge is 2.11. The zero-order valence-corrected chi connectivity index (χ0v) is 13.2.